The van der Waals surface area contributed by atoms with Crippen molar-refractivity contribution < 1.29 is 37.3 Å². The van der Waals surface area contributed by atoms with Crippen LogP contribution in [-0.2, 0) is 17.7 Å². The molecule has 0 bridgehead atoms. The number of ether oxygens (including phenoxy) is 2. The number of benzene rings is 2. The molecule has 0 saturated heterocycles. The molecule has 0 spiro atoms. The molecular formula is C30H36ClF3N4O5. The maximum atomic E-state index is 12.9. The van der Waals surface area contributed by atoms with Crippen LogP contribution in [-0.4, -0.2) is 58.2 Å². The first-order valence-electron chi connectivity index (χ1n) is 13.9. The number of aryl methyl sites for hydroxylation is 1. The molecule has 2 amide bonds. The highest BCUT2D eigenvalue weighted by Gasteiger charge is 2.38. The Hall–Kier alpha value is -3.77. The van der Waals surface area contributed by atoms with Gasteiger partial charge in [-0.25, -0.2) is 9.78 Å². The highest BCUT2D eigenvalue weighted by Crippen LogP contribution is 2.31. The van der Waals surface area contributed by atoms with Gasteiger partial charge in [0.05, 0.1) is 23.4 Å². The van der Waals surface area contributed by atoms with Crippen LogP contribution in [0.4, 0.5) is 18.0 Å². The van der Waals surface area contributed by atoms with Crippen molar-refractivity contribution in [1.82, 2.24) is 20.2 Å². The molecule has 13 heteroatoms. The monoisotopic (exact) mass is 624 g/mol. The molecule has 3 rings (SSSR count). The fourth-order valence-corrected chi connectivity index (χ4v) is 4.55. The molecule has 1 aromatic heterocycles. The smallest absolute Gasteiger partial charge is 0.425 e. The Balaban J connectivity index is 1.68. The first-order valence-corrected chi connectivity index (χ1v) is 14.3. The highest BCUT2D eigenvalue weighted by atomic mass is 35.5. The Kier molecular flexibility index (Phi) is 11.8. The van der Waals surface area contributed by atoms with Crippen molar-refractivity contribution in [3.05, 3.63) is 70.6 Å². The molecular weight excluding hydrogens is 589 g/mol. The van der Waals surface area contributed by atoms with E-state index in [1.54, 1.807) is 6.92 Å². The number of rotatable bonds is 13. The number of halogens is 4. The van der Waals surface area contributed by atoms with Gasteiger partial charge in [-0.2, -0.15) is 13.2 Å². The van der Waals surface area contributed by atoms with Crippen molar-refractivity contribution in [2.24, 2.45) is 0 Å². The number of hydrogen-bond acceptors (Lipinski definition) is 6. The lowest BCUT2D eigenvalue weighted by Crippen LogP contribution is -2.37. The average molecular weight is 625 g/mol. The summed E-state index contributed by atoms with van der Waals surface area (Å²) in [5, 5.41) is 15.1. The molecule has 0 fully saturated rings. The quantitative estimate of drug-likeness (QED) is 0.212. The Labute approximate surface area is 253 Å². The van der Waals surface area contributed by atoms with Crippen molar-refractivity contribution in [3.63, 3.8) is 0 Å². The van der Waals surface area contributed by atoms with Gasteiger partial charge in [0.1, 0.15) is 11.6 Å². The predicted molar refractivity (Wildman–Crippen MR) is 156 cm³/mol. The maximum Gasteiger partial charge on any atom is 0.425 e. The van der Waals surface area contributed by atoms with E-state index in [0.29, 0.717) is 18.8 Å². The van der Waals surface area contributed by atoms with Gasteiger partial charge in [-0.05, 0) is 64.3 Å². The summed E-state index contributed by atoms with van der Waals surface area (Å²) in [6, 6.07) is 10.6. The number of nitrogens with zero attached hydrogens (tertiary/aromatic N) is 2. The third-order valence-electron chi connectivity index (χ3n) is 6.65. The molecule has 0 unspecified atom stereocenters. The average Bonchev–Trinajstić information content (AvgIpc) is 3.39. The number of imidazole rings is 1. The molecule has 43 heavy (non-hydrogen) atoms. The van der Waals surface area contributed by atoms with Crippen LogP contribution < -0.4 is 15.4 Å². The Morgan fingerprint density at radius 1 is 1.09 bits per heavy atom. The largest absolute Gasteiger partial charge is 0.480 e. The van der Waals surface area contributed by atoms with E-state index in [4.69, 9.17) is 26.1 Å². The van der Waals surface area contributed by atoms with Gasteiger partial charge < -0.3 is 29.8 Å². The van der Waals surface area contributed by atoms with Gasteiger partial charge in [0, 0.05) is 36.5 Å². The maximum absolute atomic E-state index is 12.9. The number of aliphatic hydroxyl groups excluding tert-OH is 1. The number of aliphatic hydroxyl groups is 1. The van der Waals surface area contributed by atoms with Crippen molar-refractivity contribution in [1.29, 1.82) is 0 Å². The SMILES string of the molecule is CCOC(=O)N[C@H](C)c1nc(-c2ccc(C[C@@H](CCO)NC(=O)c3ccc(O[C@H](C)C(F)(F)F)c(Cl)c3)cc2)cn1CC. The standard InChI is InChI=1S/C30H36ClF3N4O5/c1-5-38-17-25(37-27(38)18(3)35-29(41)42-6-2)21-9-7-20(8-10-21)15-23(13-14-39)36-28(40)22-11-12-26(24(31)16-22)43-19(4)30(32,33)34/h7-12,16-19,23,39H,5-6,13-15H2,1-4H3,(H,35,41)(H,36,40)/t18-,19-,23-/m1/s1. The van der Waals surface area contributed by atoms with Crippen LogP contribution in [0, 0.1) is 0 Å². The summed E-state index contributed by atoms with van der Waals surface area (Å²) in [7, 11) is 0. The van der Waals surface area contributed by atoms with Gasteiger partial charge >= 0.3 is 12.3 Å². The fraction of sp³-hybridized carbons (Fsp3) is 0.433. The summed E-state index contributed by atoms with van der Waals surface area (Å²) in [5.41, 5.74) is 2.64. The van der Waals surface area contributed by atoms with Crippen LogP contribution in [0.3, 0.4) is 0 Å². The molecule has 1 heterocycles. The molecule has 3 N–H and O–H groups in total. The molecule has 3 atom stereocenters. The van der Waals surface area contributed by atoms with E-state index in [2.05, 4.69) is 10.6 Å². The zero-order chi connectivity index (χ0) is 31.7. The minimum Gasteiger partial charge on any atom is -0.480 e. The third kappa shape index (κ3) is 9.36. The molecule has 2 aromatic carbocycles. The predicted octanol–water partition coefficient (Wildman–Crippen LogP) is 6.08. The van der Waals surface area contributed by atoms with E-state index in [9.17, 15) is 27.9 Å². The molecule has 0 aliphatic rings. The van der Waals surface area contributed by atoms with Gasteiger partial charge in [-0.1, -0.05) is 35.9 Å². The number of aromatic nitrogens is 2. The zero-order valence-corrected chi connectivity index (χ0v) is 25.1. The second-order valence-corrected chi connectivity index (χ2v) is 10.3. The molecule has 0 aliphatic carbocycles. The molecule has 3 aromatic rings. The Morgan fingerprint density at radius 2 is 1.79 bits per heavy atom. The zero-order valence-electron chi connectivity index (χ0n) is 24.4. The molecule has 0 radical (unpaired) electrons. The number of nitrogens with one attached hydrogen (secondary N) is 2. The second kappa shape index (κ2) is 15.1. The van der Waals surface area contributed by atoms with E-state index in [1.165, 1.54) is 18.2 Å². The van der Waals surface area contributed by atoms with E-state index in [0.717, 1.165) is 23.7 Å². The lowest BCUT2D eigenvalue weighted by Gasteiger charge is -2.20. The van der Waals surface area contributed by atoms with Crippen molar-refractivity contribution in [3.8, 4) is 17.0 Å². The highest BCUT2D eigenvalue weighted by molar-refractivity contribution is 6.32. The van der Waals surface area contributed by atoms with Crippen molar-refractivity contribution in [2.75, 3.05) is 13.2 Å². The minimum atomic E-state index is -4.56. The lowest BCUT2D eigenvalue weighted by molar-refractivity contribution is -0.189. The minimum absolute atomic E-state index is 0.127. The second-order valence-electron chi connectivity index (χ2n) is 9.89. The number of hydrogen-bond donors (Lipinski definition) is 3. The molecule has 0 aliphatic heterocycles. The van der Waals surface area contributed by atoms with Crippen LogP contribution in [0.2, 0.25) is 5.02 Å². The number of alkyl halides is 3. The van der Waals surface area contributed by atoms with Crippen LogP contribution >= 0.6 is 11.6 Å². The Morgan fingerprint density at radius 3 is 2.37 bits per heavy atom. The van der Waals surface area contributed by atoms with Crippen LogP contribution in [0.15, 0.2) is 48.7 Å². The van der Waals surface area contributed by atoms with Gasteiger partial charge in [0.15, 0.2) is 6.10 Å². The molecule has 9 nitrogen and oxygen atoms in total. The first kappa shape index (κ1) is 33.7. The number of carbonyl (C=O) groups is 2. The summed E-state index contributed by atoms with van der Waals surface area (Å²) < 4.78 is 50.3. The van der Waals surface area contributed by atoms with Crippen LogP contribution in [0.1, 0.15) is 61.9 Å². The number of carbonyl (C=O) groups excluding carboxylic acids is 2. The topological polar surface area (TPSA) is 115 Å². The summed E-state index contributed by atoms with van der Waals surface area (Å²) in [6.07, 6.45) is -4.53. The lowest BCUT2D eigenvalue weighted by atomic mass is 10.0. The third-order valence-corrected chi connectivity index (χ3v) is 6.94. The fourth-order valence-electron chi connectivity index (χ4n) is 4.32. The summed E-state index contributed by atoms with van der Waals surface area (Å²) in [4.78, 5) is 29.5. The van der Waals surface area contributed by atoms with E-state index >= 15 is 0 Å². The normalized spacial score (nSPS) is 13.6. The van der Waals surface area contributed by atoms with Gasteiger partial charge in [-0.15, -0.1) is 0 Å². The van der Waals surface area contributed by atoms with E-state index in [-0.39, 0.29) is 42.0 Å². The Bertz CT molecular complexity index is 1380. The number of amides is 2. The summed E-state index contributed by atoms with van der Waals surface area (Å²) >= 11 is 6.09. The van der Waals surface area contributed by atoms with E-state index in [1.807, 2.05) is 48.9 Å². The number of alkyl carbamates (subject to hydrolysis) is 1. The first-order chi connectivity index (χ1) is 20.4. The van der Waals surface area contributed by atoms with Crippen molar-refractivity contribution in [2.45, 2.75) is 71.4 Å². The van der Waals surface area contributed by atoms with E-state index < -0.39 is 30.3 Å². The van der Waals surface area contributed by atoms with Gasteiger partial charge in [0.25, 0.3) is 5.91 Å². The summed E-state index contributed by atoms with van der Waals surface area (Å²) in [6.45, 7) is 7.17. The van der Waals surface area contributed by atoms with Crippen LogP contribution in [0.5, 0.6) is 5.75 Å². The van der Waals surface area contributed by atoms with Crippen molar-refractivity contribution >= 4 is 23.6 Å². The molecule has 234 valence electrons. The van der Waals surface area contributed by atoms with Gasteiger partial charge in [-0.3, -0.25) is 4.79 Å². The summed E-state index contributed by atoms with van der Waals surface area (Å²) in [5.74, 6) is 0.0149. The molecule has 0 saturated carbocycles. The van der Waals surface area contributed by atoms with Crippen LogP contribution in [0.25, 0.3) is 11.3 Å². The van der Waals surface area contributed by atoms with Gasteiger partial charge in [0.2, 0.25) is 0 Å².